The molecule has 0 aliphatic rings. The smallest absolute Gasteiger partial charge is 0.125 e. The van der Waals surface area contributed by atoms with Gasteiger partial charge >= 0.3 is 0 Å². The summed E-state index contributed by atoms with van der Waals surface area (Å²) in [5.41, 5.74) is 3.47. The van der Waals surface area contributed by atoms with E-state index in [2.05, 4.69) is 48.5 Å². The quantitative estimate of drug-likeness (QED) is 0.709. The molecule has 0 radical (unpaired) electrons. The van der Waals surface area contributed by atoms with Gasteiger partial charge in [-0.15, -0.1) is 11.6 Å². The van der Waals surface area contributed by atoms with Gasteiger partial charge in [0, 0.05) is 6.04 Å². The van der Waals surface area contributed by atoms with Crippen LogP contribution in [-0.2, 0) is 5.88 Å². The van der Waals surface area contributed by atoms with E-state index in [1.54, 1.807) is 0 Å². The van der Waals surface area contributed by atoms with E-state index >= 15 is 0 Å². The molecule has 1 aromatic carbocycles. The molecule has 15 heavy (non-hydrogen) atoms. The van der Waals surface area contributed by atoms with Crippen molar-refractivity contribution in [1.82, 2.24) is 9.55 Å². The zero-order valence-corrected chi connectivity index (χ0v) is 10.0. The minimum absolute atomic E-state index is 0.394. The molecule has 0 N–H and O–H groups in total. The van der Waals surface area contributed by atoms with Crippen molar-refractivity contribution < 1.29 is 0 Å². The Balaban J connectivity index is 2.76. The van der Waals surface area contributed by atoms with Gasteiger partial charge in [-0.3, -0.25) is 0 Å². The monoisotopic (exact) mass is 222 g/mol. The van der Waals surface area contributed by atoms with E-state index in [1.165, 1.54) is 11.1 Å². The fraction of sp³-hybridized carbons (Fsp3) is 0.417. The number of halogens is 1. The first kappa shape index (κ1) is 10.5. The van der Waals surface area contributed by atoms with E-state index in [4.69, 9.17) is 11.6 Å². The molecule has 1 aromatic heterocycles. The Bertz CT molecular complexity index is 486. The zero-order chi connectivity index (χ0) is 11.0. The number of rotatable bonds is 2. The van der Waals surface area contributed by atoms with Gasteiger partial charge < -0.3 is 4.57 Å². The van der Waals surface area contributed by atoms with E-state index in [-0.39, 0.29) is 0 Å². The fourth-order valence-electron chi connectivity index (χ4n) is 1.92. The number of nitrogens with zero attached hydrogens (tertiary/aromatic N) is 2. The maximum Gasteiger partial charge on any atom is 0.125 e. The predicted octanol–water partition coefficient (Wildman–Crippen LogP) is 3.66. The molecule has 0 amide bonds. The van der Waals surface area contributed by atoms with Gasteiger partial charge in [-0.2, -0.15) is 0 Å². The first-order chi connectivity index (χ1) is 7.13. The van der Waals surface area contributed by atoms with Crippen LogP contribution in [0.5, 0.6) is 0 Å². The Morgan fingerprint density at radius 3 is 2.73 bits per heavy atom. The summed E-state index contributed by atoms with van der Waals surface area (Å²) in [4.78, 5) is 4.52. The van der Waals surface area contributed by atoms with Crippen molar-refractivity contribution >= 4 is 22.6 Å². The van der Waals surface area contributed by atoms with Gasteiger partial charge in [-0.1, -0.05) is 6.07 Å². The van der Waals surface area contributed by atoms with E-state index in [1.807, 2.05) is 0 Å². The number of fused-ring (bicyclic) bond motifs is 1. The van der Waals surface area contributed by atoms with Gasteiger partial charge in [-0.05, 0) is 38.5 Å². The number of imidazole rings is 1. The second-order valence-corrected chi connectivity index (χ2v) is 4.38. The topological polar surface area (TPSA) is 17.8 Å². The second-order valence-electron chi connectivity index (χ2n) is 4.12. The highest BCUT2D eigenvalue weighted by Crippen LogP contribution is 2.22. The van der Waals surface area contributed by atoms with Crippen LogP contribution in [-0.4, -0.2) is 9.55 Å². The third-order valence-corrected chi connectivity index (χ3v) is 2.79. The lowest BCUT2D eigenvalue weighted by molar-refractivity contribution is 0.597. The van der Waals surface area contributed by atoms with E-state index in [9.17, 15) is 0 Å². The summed E-state index contributed by atoms with van der Waals surface area (Å²) in [6.07, 6.45) is 0. The zero-order valence-electron chi connectivity index (χ0n) is 9.29. The Labute approximate surface area is 94.9 Å². The maximum absolute atomic E-state index is 5.90. The predicted molar refractivity (Wildman–Crippen MR) is 64.4 cm³/mol. The SMILES string of the molecule is Cc1ccc2nc(CCl)n(C(C)C)c2c1. The van der Waals surface area contributed by atoms with Crippen molar-refractivity contribution in [3.63, 3.8) is 0 Å². The molecule has 0 saturated heterocycles. The van der Waals surface area contributed by atoms with Crippen LogP contribution < -0.4 is 0 Å². The van der Waals surface area contributed by atoms with Gasteiger partial charge in [-0.25, -0.2) is 4.98 Å². The second kappa shape index (κ2) is 3.86. The minimum Gasteiger partial charge on any atom is -0.324 e. The maximum atomic E-state index is 5.90. The van der Waals surface area contributed by atoms with Gasteiger partial charge in [0.1, 0.15) is 5.82 Å². The average molecular weight is 223 g/mol. The van der Waals surface area contributed by atoms with Crippen LogP contribution in [0.1, 0.15) is 31.3 Å². The van der Waals surface area contributed by atoms with E-state index in [0.717, 1.165) is 11.3 Å². The van der Waals surface area contributed by atoms with Crippen molar-refractivity contribution in [3.05, 3.63) is 29.6 Å². The van der Waals surface area contributed by atoms with Gasteiger partial charge in [0.25, 0.3) is 0 Å². The summed E-state index contributed by atoms with van der Waals surface area (Å²) in [7, 11) is 0. The standard InChI is InChI=1S/C12H15ClN2/c1-8(2)15-11-6-9(3)4-5-10(11)14-12(15)7-13/h4-6,8H,7H2,1-3H3. The van der Waals surface area contributed by atoms with Crippen LogP contribution >= 0.6 is 11.6 Å². The van der Waals surface area contributed by atoms with Crippen LogP contribution in [0.2, 0.25) is 0 Å². The third kappa shape index (κ3) is 1.74. The van der Waals surface area contributed by atoms with Crippen LogP contribution in [0.25, 0.3) is 11.0 Å². The molecule has 0 saturated carbocycles. The van der Waals surface area contributed by atoms with E-state index in [0.29, 0.717) is 11.9 Å². The van der Waals surface area contributed by atoms with Gasteiger partial charge in [0.05, 0.1) is 16.9 Å². The molecule has 3 heteroatoms. The lowest BCUT2D eigenvalue weighted by atomic mass is 10.2. The molecule has 0 spiro atoms. The van der Waals surface area contributed by atoms with Crippen molar-refractivity contribution in [2.24, 2.45) is 0 Å². The molecule has 2 rings (SSSR count). The number of aryl methyl sites for hydroxylation is 1. The Kier molecular flexibility index (Phi) is 2.70. The van der Waals surface area contributed by atoms with E-state index < -0.39 is 0 Å². The summed E-state index contributed by atoms with van der Waals surface area (Å²) in [5.74, 6) is 1.42. The molecule has 80 valence electrons. The van der Waals surface area contributed by atoms with Crippen LogP contribution in [0, 0.1) is 6.92 Å². The molecule has 0 unspecified atom stereocenters. The lowest BCUT2D eigenvalue weighted by Gasteiger charge is -2.11. The van der Waals surface area contributed by atoms with Crippen molar-refractivity contribution in [1.29, 1.82) is 0 Å². The van der Waals surface area contributed by atoms with Crippen molar-refractivity contribution in [3.8, 4) is 0 Å². The largest absolute Gasteiger partial charge is 0.324 e. The number of alkyl halides is 1. The highest BCUT2D eigenvalue weighted by atomic mass is 35.5. The molecule has 2 nitrogen and oxygen atoms in total. The molecule has 0 aliphatic heterocycles. The van der Waals surface area contributed by atoms with Crippen LogP contribution in [0.4, 0.5) is 0 Å². The third-order valence-electron chi connectivity index (χ3n) is 2.55. The summed E-state index contributed by atoms with van der Waals surface area (Å²) >= 11 is 5.90. The Morgan fingerprint density at radius 2 is 2.13 bits per heavy atom. The molecule has 1 heterocycles. The summed E-state index contributed by atoms with van der Waals surface area (Å²) < 4.78 is 2.20. The van der Waals surface area contributed by atoms with Crippen molar-refractivity contribution in [2.45, 2.75) is 32.7 Å². The number of aromatic nitrogens is 2. The first-order valence-corrected chi connectivity index (χ1v) is 5.70. The number of hydrogen-bond acceptors (Lipinski definition) is 1. The molecule has 0 fully saturated rings. The summed E-state index contributed by atoms with van der Waals surface area (Å²) in [5, 5.41) is 0. The number of hydrogen-bond donors (Lipinski definition) is 0. The van der Waals surface area contributed by atoms with Crippen LogP contribution in [0.3, 0.4) is 0 Å². The summed E-state index contributed by atoms with van der Waals surface area (Å²) in [6, 6.07) is 6.70. The van der Waals surface area contributed by atoms with Crippen molar-refractivity contribution in [2.75, 3.05) is 0 Å². The normalized spacial score (nSPS) is 11.5. The summed E-state index contributed by atoms with van der Waals surface area (Å²) in [6.45, 7) is 6.40. The molecule has 2 aromatic rings. The first-order valence-electron chi connectivity index (χ1n) is 5.17. The van der Waals surface area contributed by atoms with Gasteiger partial charge in [0.2, 0.25) is 0 Å². The Hall–Kier alpha value is -1.02. The van der Waals surface area contributed by atoms with Crippen LogP contribution in [0.15, 0.2) is 18.2 Å². The molecule has 0 aliphatic carbocycles. The molecule has 0 atom stereocenters. The average Bonchev–Trinajstić information content (AvgIpc) is 2.55. The lowest BCUT2D eigenvalue weighted by Crippen LogP contribution is -2.04. The highest BCUT2D eigenvalue weighted by molar-refractivity contribution is 6.16. The Morgan fingerprint density at radius 1 is 1.40 bits per heavy atom. The van der Waals surface area contributed by atoms with Gasteiger partial charge in [0.15, 0.2) is 0 Å². The fourth-order valence-corrected chi connectivity index (χ4v) is 2.11. The minimum atomic E-state index is 0.394. The molecule has 0 bridgehead atoms. The highest BCUT2D eigenvalue weighted by Gasteiger charge is 2.11. The number of benzene rings is 1. The molecular formula is C12H15ClN2. The molecular weight excluding hydrogens is 208 g/mol.